The first-order valence-corrected chi connectivity index (χ1v) is 10.6. The van der Waals surface area contributed by atoms with Gasteiger partial charge in [-0.2, -0.15) is 4.57 Å². The van der Waals surface area contributed by atoms with E-state index in [1.807, 2.05) is 26.0 Å². The van der Waals surface area contributed by atoms with Crippen molar-refractivity contribution < 1.29 is 20.0 Å². The van der Waals surface area contributed by atoms with Gasteiger partial charge in [0.2, 0.25) is 5.69 Å². The summed E-state index contributed by atoms with van der Waals surface area (Å²) in [6, 6.07) is 4.46. The van der Waals surface area contributed by atoms with Crippen molar-refractivity contribution in [3.63, 3.8) is 0 Å². The summed E-state index contributed by atoms with van der Waals surface area (Å²) in [6.45, 7) is 14.8. The molecule has 5 rings (SSSR count). The van der Waals surface area contributed by atoms with Gasteiger partial charge in [0.25, 0.3) is 0 Å². The van der Waals surface area contributed by atoms with Crippen LogP contribution in [0.3, 0.4) is 0 Å². The lowest BCUT2D eigenvalue weighted by molar-refractivity contribution is -0.667. The smallest absolute Gasteiger partial charge is 0.216 e. The summed E-state index contributed by atoms with van der Waals surface area (Å²) < 4.78 is 76.1. The molecule has 33 heavy (non-hydrogen) atoms. The number of furan rings is 1. The average Bonchev–Trinajstić information content (AvgIpc) is 3.29. The van der Waals surface area contributed by atoms with Gasteiger partial charge in [-0.05, 0) is 30.0 Å². The molecule has 0 fully saturated rings. The second-order valence-electron chi connectivity index (χ2n) is 8.30. The van der Waals surface area contributed by atoms with Crippen molar-refractivity contribution in [2.45, 2.75) is 33.6 Å². The van der Waals surface area contributed by atoms with E-state index < -0.39 is 36.1 Å². The third kappa shape index (κ3) is 3.22. The number of pyridine rings is 1. The third-order valence-corrected chi connectivity index (χ3v) is 6.11. The second kappa shape index (κ2) is 7.90. The minimum atomic E-state index is -1.09. The molecule has 162 valence electrons. The number of aryl methyl sites for hydroxylation is 1. The molecule has 2 heterocycles. The Balaban J connectivity index is 1.97. The van der Waals surface area contributed by atoms with E-state index in [1.54, 1.807) is 37.6 Å². The van der Waals surface area contributed by atoms with Gasteiger partial charge in [0.1, 0.15) is 18.2 Å². The molecule has 0 aliphatic heterocycles. The van der Waals surface area contributed by atoms with E-state index in [-0.39, 0.29) is 34.5 Å². The lowest BCUT2D eigenvalue weighted by Gasteiger charge is -2.11. The van der Waals surface area contributed by atoms with Crippen molar-refractivity contribution in [3.8, 4) is 22.4 Å². The molecule has 0 spiro atoms. The summed E-state index contributed by atoms with van der Waals surface area (Å²) in [5, 5.41) is 1.23. The standard InChI is InChI=1S/C30H27N2O/c1-18(2)22-15-17-26(32(6)20(22)4)27-19(3)12-13-23-24-14-16-25(31-5)28(30(24)33-29(23)27)21-10-8-7-9-11-21/h7-18H,1-4,6H3/q+1/i7D,8D,9D,10D,11D,15D,17D,18D. The molecule has 0 bridgehead atoms. The van der Waals surface area contributed by atoms with Crippen LogP contribution in [0.4, 0.5) is 5.69 Å². The van der Waals surface area contributed by atoms with Crippen molar-refractivity contribution in [1.82, 2.24) is 0 Å². The number of benzene rings is 3. The molecule has 0 aliphatic carbocycles. The van der Waals surface area contributed by atoms with Gasteiger partial charge in [0.15, 0.2) is 11.4 Å². The zero-order valence-corrected chi connectivity index (χ0v) is 19.1. The second-order valence-corrected chi connectivity index (χ2v) is 8.30. The van der Waals surface area contributed by atoms with Crippen molar-refractivity contribution in [1.29, 1.82) is 0 Å². The molecule has 3 heteroatoms. The van der Waals surface area contributed by atoms with Crippen LogP contribution in [0, 0.1) is 20.4 Å². The van der Waals surface area contributed by atoms with Crippen LogP contribution in [-0.4, -0.2) is 0 Å². The fourth-order valence-electron chi connectivity index (χ4n) is 4.34. The Morgan fingerprint density at radius 2 is 1.61 bits per heavy atom. The molecule has 0 saturated carbocycles. The third-order valence-electron chi connectivity index (χ3n) is 6.11. The highest BCUT2D eigenvalue weighted by atomic mass is 16.3. The zero-order valence-electron chi connectivity index (χ0n) is 27.1. The zero-order chi connectivity index (χ0) is 30.3. The van der Waals surface area contributed by atoms with Gasteiger partial charge in [0, 0.05) is 36.2 Å². The summed E-state index contributed by atoms with van der Waals surface area (Å²) in [4.78, 5) is 3.59. The molecule has 0 saturated heterocycles. The molecule has 3 aromatic carbocycles. The molecule has 0 radical (unpaired) electrons. The van der Waals surface area contributed by atoms with E-state index in [0.29, 0.717) is 38.9 Å². The molecule has 3 nitrogen and oxygen atoms in total. The summed E-state index contributed by atoms with van der Waals surface area (Å²) in [5.74, 6) is -1.09. The van der Waals surface area contributed by atoms with Crippen LogP contribution in [0.1, 0.15) is 47.5 Å². The first kappa shape index (κ1) is 13.6. The Morgan fingerprint density at radius 3 is 2.27 bits per heavy atom. The maximum absolute atomic E-state index is 8.98. The number of hydrogen-bond donors (Lipinski definition) is 0. The molecule has 5 aromatic rings. The minimum absolute atomic E-state index is 0.0433. The van der Waals surface area contributed by atoms with Gasteiger partial charge in [-0.3, -0.25) is 0 Å². The summed E-state index contributed by atoms with van der Waals surface area (Å²) in [5.41, 5.74) is 3.52. The van der Waals surface area contributed by atoms with Gasteiger partial charge >= 0.3 is 0 Å². The van der Waals surface area contributed by atoms with Gasteiger partial charge in [0.05, 0.1) is 21.7 Å². The van der Waals surface area contributed by atoms with Crippen molar-refractivity contribution in [2.75, 3.05) is 0 Å². The van der Waals surface area contributed by atoms with E-state index >= 15 is 0 Å². The number of hydrogen-bond acceptors (Lipinski definition) is 1. The highest BCUT2D eigenvalue weighted by Crippen LogP contribution is 2.44. The maximum atomic E-state index is 8.98. The Kier molecular flexibility index (Phi) is 3.26. The van der Waals surface area contributed by atoms with E-state index in [1.165, 1.54) is 0 Å². The SMILES string of the molecule is [2H]c1c([2H])c([2H])c(-c2c([N+]#[C-])ccc3c2oc2c(-c4c([2H])c([2H])c(C([2H])(C)C)c(C)[n+]4C)c(C)ccc23)c([2H])c1[2H]. The lowest BCUT2D eigenvalue weighted by Crippen LogP contribution is -2.36. The monoisotopic (exact) mass is 439 g/mol. The van der Waals surface area contributed by atoms with Crippen molar-refractivity contribution in [3.05, 3.63) is 94.8 Å². The molecule has 0 aliphatic rings. The minimum Gasteiger partial charge on any atom is -0.456 e. The van der Waals surface area contributed by atoms with E-state index in [4.69, 9.17) is 22.0 Å². The highest BCUT2D eigenvalue weighted by molar-refractivity contribution is 6.15. The van der Waals surface area contributed by atoms with Crippen molar-refractivity contribution in [2.24, 2.45) is 7.05 Å². The molecular formula is C30H27N2O+. The predicted octanol–water partition coefficient (Wildman–Crippen LogP) is 8.04. The summed E-state index contributed by atoms with van der Waals surface area (Å²) in [7, 11) is 1.79. The van der Waals surface area contributed by atoms with Gasteiger partial charge in [-0.1, -0.05) is 68.3 Å². The van der Waals surface area contributed by atoms with Crippen molar-refractivity contribution >= 4 is 27.6 Å². The molecule has 0 amide bonds. The van der Waals surface area contributed by atoms with Crippen LogP contribution in [0.15, 0.2) is 71.0 Å². The Bertz CT molecular complexity index is 1940. The molecule has 2 aromatic heterocycles. The van der Waals surface area contributed by atoms with Crippen LogP contribution in [0.25, 0.3) is 49.2 Å². The Morgan fingerprint density at radius 1 is 0.939 bits per heavy atom. The number of fused-ring (bicyclic) bond motifs is 3. The average molecular weight is 440 g/mol. The highest BCUT2D eigenvalue weighted by Gasteiger charge is 2.25. The first-order valence-electron chi connectivity index (χ1n) is 14.6. The van der Waals surface area contributed by atoms with E-state index in [0.717, 1.165) is 5.56 Å². The topological polar surface area (TPSA) is 21.4 Å². The fraction of sp³-hybridized carbons (Fsp3) is 0.200. The molecular weight excluding hydrogens is 404 g/mol. The van der Waals surface area contributed by atoms with E-state index in [9.17, 15) is 0 Å². The largest absolute Gasteiger partial charge is 0.456 e. The van der Waals surface area contributed by atoms with Crippen LogP contribution in [0.5, 0.6) is 0 Å². The number of aromatic nitrogens is 1. The first-order chi connectivity index (χ1) is 19.1. The summed E-state index contributed by atoms with van der Waals surface area (Å²) in [6.07, 6.45) is 0. The molecule has 0 unspecified atom stereocenters. The Hall–Kier alpha value is -3.90. The maximum Gasteiger partial charge on any atom is 0.216 e. The van der Waals surface area contributed by atoms with E-state index in [2.05, 4.69) is 4.85 Å². The number of rotatable bonds is 3. The van der Waals surface area contributed by atoms with Crippen LogP contribution in [-0.2, 0) is 7.05 Å². The normalized spacial score (nSPS) is 15.2. The Labute approximate surface area is 206 Å². The predicted molar refractivity (Wildman–Crippen MR) is 136 cm³/mol. The van der Waals surface area contributed by atoms with Crippen LogP contribution >= 0.6 is 0 Å². The van der Waals surface area contributed by atoms with Crippen LogP contribution in [0.2, 0.25) is 0 Å². The quantitative estimate of drug-likeness (QED) is 0.206. The summed E-state index contributed by atoms with van der Waals surface area (Å²) >= 11 is 0. The molecule has 0 atom stereocenters. The van der Waals surface area contributed by atoms with Gasteiger partial charge < -0.3 is 4.42 Å². The number of nitrogens with zero attached hydrogens (tertiary/aromatic N) is 2. The molecule has 0 N–H and O–H groups in total. The lowest BCUT2D eigenvalue weighted by atomic mass is 9.96. The van der Waals surface area contributed by atoms with Gasteiger partial charge in [-0.15, -0.1) is 0 Å². The van der Waals surface area contributed by atoms with Gasteiger partial charge in [-0.25, -0.2) is 4.85 Å². The van der Waals surface area contributed by atoms with Crippen LogP contribution < -0.4 is 4.57 Å². The fourth-order valence-corrected chi connectivity index (χ4v) is 4.34.